The standard InChI is InChI=1S/C30H48O5/c1-25(2)13-15-30(24(34)35)16-14-28(5)18(22(30)23(25)33)7-8-20-26(3)11-10-21(32)27(4,17-31)19(26)9-12-29(20,28)6/h7,19-23,31-33H,8-17H2,1-6H3,(H,34,35)/t19-,20+,21+,22-,23+,26+,27-,28-,29-,30+/m1/s1. The average molecular weight is 489 g/mol. The third-order valence-corrected chi connectivity index (χ3v) is 13.4. The molecule has 4 saturated carbocycles. The first kappa shape index (κ1) is 25.7. The molecule has 0 aromatic rings. The molecule has 0 aromatic heterocycles. The number of rotatable bonds is 2. The maximum absolute atomic E-state index is 12.8. The molecule has 0 bridgehead atoms. The zero-order chi connectivity index (χ0) is 25.8. The molecule has 0 spiro atoms. The van der Waals surface area contributed by atoms with Gasteiger partial charge in [0, 0.05) is 11.3 Å². The molecule has 0 radical (unpaired) electrons. The Balaban J connectivity index is 1.62. The van der Waals surface area contributed by atoms with Crippen LogP contribution in [0.4, 0.5) is 0 Å². The molecule has 0 heterocycles. The van der Waals surface area contributed by atoms with Crippen molar-refractivity contribution in [2.24, 2.45) is 50.2 Å². The molecule has 0 unspecified atom stereocenters. The van der Waals surface area contributed by atoms with Gasteiger partial charge in [0.25, 0.3) is 0 Å². The number of hydrogen-bond donors (Lipinski definition) is 4. The topological polar surface area (TPSA) is 98.0 Å². The predicted octanol–water partition coefficient (Wildman–Crippen LogP) is 5.18. The summed E-state index contributed by atoms with van der Waals surface area (Å²) in [5.41, 5.74) is -0.579. The van der Waals surface area contributed by atoms with Crippen molar-refractivity contribution in [1.82, 2.24) is 0 Å². The fourth-order valence-electron chi connectivity index (χ4n) is 10.6. The minimum Gasteiger partial charge on any atom is -0.481 e. The Labute approximate surface area is 211 Å². The molecule has 0 aliphatic heterocycles. The highest BCUT2D eigenvalue weighted by Crippen LogP contribution is 2.75. The molecule has 4 N–H and O–H groups in total. The Hall–Kier alpha value is -0.910. The summed E-state index contributed by atoms with van der Waals surface area (Å²) in [6.07, 6.45) is 8.65. The third-order valence-electron chi connectivity index (χ3n) is 13.4. The Kier molecular flexibility index (Phi) is 5.56. The van der Waals surface area contributed by atoms with E-state index in [1.807, 2.05) is 0 Å². The highest BCUT2D eigenvalue weighted by Gasteiger charge is 2.70. The quantitative estimate of drug-likeness (QED) is 0.402. The normalized spacial score (nSPS) is 55.0. The summed E-state index contributed by atoms with van der Waals surface area (Å²) >= 11 is 0. The molecule has 5 aliphatic carbocycles. The van der Waals surface area contributed by atoms with Gasteiger partial charge in [-0.3, -0.25) is 4.79 Å². The van der Waals surface area contributed by atoms with Crippen molar-refractivity contribution in [3.63, 3.8) is 0 Å². The first-order valence-electron chi connectivity index (χ1n) is 14.0. The van der Waals surface area contributed by atoms with Gasteiger partial charge in [-0.05, 0) is 91.3 Å². The summed E-state index contributed by atoms with van der Waals surface area (Å²) in [5.74, 6) is -0.391. The SMILES string of the molecule is CC1(C)CC[C@]2(C(=O)O)CC[C@]3(C)C(=CC[C@H]4[C@@]5(C)CC[C@H](O)[C@](C)(CO)[C@@H]5CC[C@]43C)[C@@H]2[C@@H]1O. The molecule has 35 heavy (non-hydrogen) atoms. The zero-order valence-electron chi connectivity index (χ0n) is 22.7. The number of aliphatic carboxylic acids is 1. The van der Waals surface area contributed by atoms with Gasteiger partial charge in [-0.2, -0.15) is 0 Å². The Bertz CT molecular complexity index is 941. The molecule has 5 rings (SSSR count). The maximum Gasteiger partial charge on any atom is 0.310 e. The van der Waals surface area contributed by atoms with Gasteiger partial charge in [-0.15, -0.1) is 0 Å². The number of carbonyl (C=O) groups is 1. The molecule has 4 fully saturated rings. The van der Waals surface area contributed by atoms with Crippen LogP contribution in [0.2, 0.25) is 0 Å². The van der Waals surface area contributed by atoms with Gasteiger partial charge in [0.1, 0.15) is 0 Å². The molecule has 0 amide bonds. The van der Waals surface area contributed by atoms with Crippen molar-refractivity contribution in [3.05, 3.63) is 11.6 Å². The molecule has 10 atom stereocenters. The fraction of sp³-hybridized carbons (Fsp3) is 0.900. The van der Waals surface area contributed by atoms with E-state index in [0.717, 1.165) is 44.9 Å². The van der Waals surface area contributed by atoms with Crippen molar-refractivity contribution in [1.29, 1.82) is 0 Å². The number of aliphatic hydroxyl groups excluding tert-OH is 3. The van der Waals surface area contributed by atoms with Crippen LogP contribution in [0.1, 0.15) is 99.3 Å². The van der Waals surface area contributed by atoms with E-state index in [-0.39, 0.29) is 40.1 Å². The second kappa shape index (κ2) is 7.57. The van der Waals surface area contributed by atoms with E-state index in [9.17, 15) is 25.2 Å². The molecule has 5 nitrogen and oxygen atoms in total. The summed E-state index contributed by atoms with van der Waals surface area (Å²) in [6.45, 7) is 13.5. The summed E-state index contributed by atoms with van der Waals surface area (Å²) in [7, 11) is 0. The first-order valence-corrected chi connectivity index (χ1v) is 14.0. The fourth-order valence-corrected chi connectivity index (χ4v) is 10.6. The Morgan fingerprint density at radius 3 is 2.20 bits per heavy atom. The van der Waals surface area contributed by atoms with Crippen molar-refractivity contribution in [2.75, 3.05) is 6.61 Å². The smallest absolute Gasteiger partial charge is 0.310 e. The average Bonchev–Trinajstić information content (AvgIpc) is 2.79. The summed E-state index contributed by atoms with van der Waals surface area (Å²) in [5, 5.41) is 43.5. The lowest BCUT2D eigenvalue weighted by Gasteiger charge is -2.71. The second-order valence-corrected chi connectivity index (χ2v) is 14.9. The molecule has 5 heteroatoms. The van der Waals surface area contributed by atoms with E-state index in [2.05, 4.69) is 47.6 Å². The van der Waals surface area contributed by atoms with Gasteiger partial charge in [0.05, 0.1) is 24.2 Å². The maximum atomic E-state index is 12.8. The minimum absolute atomic E-state index is 0.00698. The van der Waals surface area contributed by atoms with Crippen LogP contribution in [0.25, 0.3) is 0 Å². The highest BCUT2D eigenvalue weighted by atomic mass is 16.4. The van der Waals surface area contributed by atoms with Crippen molar-refractivity contribution >= 4 is 5.97 Å². The molecular weight excluding hydrogens is 440 g/mol. The first-order chi connectivity index (χ1) is 16.1. The number of carboxylic acid groups (broad SMARTS) is 1. The minimum atomic E-state index is -0.866. The lowest BCUT2D eigenvalue weighted by molar-refractivity contribution is -0.221. The van der Waals surface area contributed by atoms with Crippen molar-refractivity contribution in [3.8, 4) is 0 Å². The third kappa shape index (κ3) is 2.95. The van der Waals surface area contributed by atoms with Gasteiger partial charge >= 0.3 is 5.97 Å². The van der Waals surface area contributed by atoms with Gasteiger partial charge < -0.3 is 20.4 Å². The zero-order valence-corrected chi connectivity index (χ0v) is 22.7. The summed E-state index contributed by atoms with van der Waals surface area (Å²) in [4.78, 5) is 12.8. The van der Waals surface area contributed by atoms with Gasteiger partial charge in [-0.25, -0.2) is 0 Å². The van der Waals surface area contributed by atoms with Crippen molar-refractivity contribution < 1.29 is 25.2 Å². The monoisotopic (exact) mass is 488 g/mol. The van der Waals surface area contributed by atoms with Crippen LogP contribution in [0, 0.1) is 50.2 Å². The van der Waals surface area contributed by atoms with Crippen LogP contribution in [-0.2, 0) is 4.79 Å². The Morgan fingerprint density at radius 1 is 0.914 bits per heavy atom. The van der Waals surface area contributed by atoms with Gasteiger partial charge in [0.15, 0.2) is 0 Å². The Morgan fingerprint density at radius 2 is 1.57 bits per heavy atom. The van der Waals surface area contributed by atoms with Crippen molar-refractivity contribution in [2.45, 2.75) is 112 Å². The van der Waals surface area contributed by atoms with Crippen LogP contribution in [0.5, 0.6) is 0 Å². The van der Waals surface area contributed by atoms with Crippen LogP contribution < -0.4 is 0 Å². The van der Waals surface area contributed by atoms with Gasteiger partial charge in [-0.1, -0.05) is 53.2 Å². The van der Waals surface area contributed by atoms with E-state index in [0.29, 0.717) is 18.8 Å². The van der Waals surface area contributed by atoms with E-state index < -0.39 is 29.0 Å². The number of carboxylic acids is 1. The van der Waals surface area contributed by atoms with Crippen LogP contribution in [0.15, 0.2) is 11.6 Å². The molecule has 0 aromatic carbocycles. The molecule has 198 valence electrons. The number of fused-ring (bicyclic) bond motifs is 7. The predicted molar refractivity (Wildman–Crippen MR) is 135 cm³/mol. The lowest BCUT2D eigenvalue weighted by Crippen LogP contribution is -2.67. The largest absolute Gasteiger partial charge is 0.481 e. The molecule has 5 aliphatic rings. The summed E-state index contributed by atoms with van der Waals surface area (Å²) < 4.78 is 0. The molecule has 0 saturated heterocycles. The summed E-state index contributed by atoms with van der Waals surface area (Å²) in [6, 6.07) is 0. The second-order valence-electron chi connectivity index (χ2n) is 14.9. The lowest BCUT2D eigenvalue weighted by atomic mass is 9.33. The van der Waals surface area contributed by atoms with E-state index in [4.69, 9.17) is 0 Å². The van der Waals surface area contributed by atoms with Crippen LogP contribution in [-0.4, -0.2) is 45.2 Å². The highest BCUT2D eigenvalue weighted by molar-refractivity contribution is 5.77. The number of aliphatic hydroxyl groups is 3. The van der Waals surface area contributed by atoms with Crippen LogP contribution in [0.3, 0.4) is 0 Å². The number of allylic oxidation sites excluding steroid dienone is 1. The van der Waals surface area contributed by atoms with E-state index in [1.54, 1.807) is 0 Å². The number of hydrogen-bond acceptors (Lipinski definition) is 4. The molecular formula is C30H48O5. The van der Waals surface area contributed by atoms with Gasteiger partial charge in [0.2, 0.25) is 0 Å². The van der Waals surface area contributed by atoms with E-state index in [1.165, 1.54) is 5.57 Å². The van der Waals surface area contributed by atoms with Crippen LogP contribution >= 0.6 is 0 Å². The van der Waals surface area contributed by atoms with E-state index >= 15 is 0 Å².